The van der Waals surface area contributed by atoms with Gasteiger partial charge in [-0.1, -0.05) is 18.2 Å². The third-order valence-electron chi connectivity index (χ3n) is 4.91. The van der Waals surface area contributed by atoms with Crippen molar-refractivity contribution in [3.05, 3.63) is 77.1 Å². The summed E-state index contributed by atoms with van der Waals surface area (Å²) < 4.78 is 7.08. The van der Waals surface area contributed by atoms with Crippen molar-refractivity contribution in [1.29, 1.82) is 0 Å². The van der Waals surface area contributed by atoms with Crippen LogP contribution in [0.5, 0.6) is 5.75 Å². The number of amides is 1. The van der Waals surface area contributed by atoms with Crippen LogP contribution in [0.4, 0.5) is 5.69 Å². The van der Waals surface area contributed by atoms with Gasteiger partial charge in [-0.15, -0.1) is 0 Å². The second kappa shape index (κ2) is 9.73. The van der Waals surface area contributed by atoms with Crippen LogP contribution in [-0.2, 0) is 13.5 Å². The van der Waals surface area contributed by atoms with Crippen LogP contribution in [0.1, 0.15) is 27.3 Å². The molecule has 7 nitrogen and oxygen atoms in total. The van der Waals surface area contributed by atoms with Crippen molar-refractivity contribution in [3.63, 3.8) is 0 Å². The average molecular weight is 406 g/mol. The van der Waals surface area contributed by atoms with Crippen LogP contribution in [0.2, 0.25) is 0 Å². The first-order valence-corrected chi connectivity index (χ1v) is 9.79. The van der Waals surface area contributed by atoms with Gasteiger partial charge < -0.3 is 10.1 Å². The summed E-state index contributed by atoms with van der Waals surface area (Å²) >= 11 is 0. The molecule has 3 rings (SSSR count). The molecular weight excluding hydrogens is 378 g/mol. The van der Waals surface area contributed by atoms with E-state index in [1.165, 1.54) is 5.56 Å². The van der Waals surface area contributed by atoms with Gasteiger partial charge in [0.1, 0.15) is 5.75 Å². The standard InChI is InChI=1S/C23H27N5O2/c1-16-21(17(2)28(3)27-16)14-15-24-23(25-19-10-12-20(30-4)13-11-19)26-22(29)18-8-6-5-7-9-18/h5-13H,14-15H2,1-4H3,(H2,24,25,26,29). The van der Waals surface area contributed by atoms with Crippen molar-refractivity contribution in [2.75, 3.05) is 19.0 Å². The molecule has 7 heteroatoms. The van der Waals surface area contributed by atoms with Gasteiger partial charge in [-0.25, -0.2) is 0 Å². The number of nitrogens with one attached hydrogen (secondary N) is 2. The van der Waals surface area contributed by atoms with Gasteiger partial charge in [-0.2, -0.15) is 5.10 Å². The molecule has 0 atom stereocenters. The predicted octanol–water partition coefficient (Wildman–Crippen LogP) is 3.49. The van der Waals surface area contributed by atoms with E-state index in [0.717, 1.165) is 29.2 Å². The van der Waals surface area contributed by atoms with Crippen molar-refractivity contribution in [2.24, 2.45) is 12.0 Å². The number of aliphatic imine (C=N–C) groups is 1. The van der Waals surface area contributed by atoms with Crippen molar-refractivity contribution in [1.82, 2.24) is 15.1 Å². The number of ether oxygens (including phenoxy) is 1. The Balaban J connectivity index is 1.76. The molecule has 0 aliphatic rings. The van der Waals surface area contributed by atoms with E-state index in [1.54, 1.807) is 19.2 Å². The number of aromatic nitrogens is 2. The Labute approximate surface area is 176 Å². The van der Waals surface area contributed by atoms with E-state index in [1.807, 2.05) is 68.0 Å². The fourth-order valence-electron chi connectivity index (χ4n) is 3.15. The fourth-order valence-corrected chi connectivity index (χ4v) is 3.15. The molecule has 1 amide bonds. The minimum atomic E-state index is -0.218. The topological polar surface area (TPSA) is 80.5 Å². The van der Waals surface area contributed by atoms with E-state index < -0.39 is 0 Å². The fraction of sp³-hybridized carbons (Fsp3) is 0.261. The highest BCUT2D eigenvalue weighted by Crippen LogP contribution is 2.15. The van der Waals surface area contributed by atoms with Crippen molar-refractivity contribution >= 4 is 17.6 Å². The van der Waals surface area contributed by atoms with Crippen molar-refractivity contribution < 1.29 is 9.53 Å². The van der Waals surface area contributed by atoms with Crippen LogP contribution in [0.25, 0.3) is 0 Å². The Bertz CT molecular complexity index is 1020. The van der Waals surface area contributed by atoms with E-state index in [2.05, 4.69) is 20.7 Å². The minimum Gasteiger partial charge on any atom is -0.497 e. The normalized spacial score (nSPS) is 11.3. The molecule has 3 aromatic rings. The Hall–Kier alpha value is -3.61. The molecule has 0 radical (unpaired) electrons. The Morgan fingerprint density at radius 2 is 1.80 bits per heavy atom. The zero-order valence-electron chi connectivity index (χ0n) is 17.8. The number of benzene rings is 2. The Morgan fingerprint density at radius 1 is 1.10 bits per heavy atom. The lowest BCUT2D eigenvalue weighted by Gasteiger charge is -2.12. The van der Waals surface area contributed by atoms with Crippen LogP contribution in [0, 0.1) is 13.8 Å². The number of guanidine groups is 1. The minimum absolute atomic E-state index is 0.218. The lowest BCUT2D eigenvalue weighted by molar-refractivity contribution is 0.0977. The van der Waals surface area contributed by atoms with Gasteiger partial charge in [0.05, 0.1) is 12.8 Å². The summed E-state index contributed by atoms with van der Waals surface area (Å²) in [7, 11) is 3.56. The van der Waals surface area contributed by atoms with Crippen LogP contribution >= 0.6 is 0 Å². The lowest BCUT2D eigenvalue weighted by atomic mass is 10.1. The van der Waals surface area contributed by atoms with Gasteiger partial charge in [0.2, 0.25) is 5.96 Å². The average Bonchev–Trinajstić information content (AvgIpc) is 3.00. The van der Waals surface area contributed by atoms with Gasteiger partial charge >= 0.3 is 0 Å². The summed E-state index contributed by atoms with van der Waals surface area (Å²) in [6.07, 6.45) is 0.737. The van der Waals surface area contributed by atoms with Crippen LogP contribution < -0.4 is 15.4 Å². The molecule has 30 heavy (non-hydrogen) atoms. The quantitative estimate of drug-likeness (QED) is 0.486. The second-order valence-electron chi connectivity index (χ2n) is 6.93. The number of nitrogens with zero attached hydrogens (tertiary/aromatic N) is 3. The number of rotatable bonds is 6. The summed E-state index contributed by atoms with van der Waals surface area (Å²) in [6.45, 7) is 4.56. The highest BCUT2D eigenvalue weighted by Gasteiger charge is 2.11. The molecule has 2 aromatic carbocycles. The summed E-state index contributed by atoms with van der Waals surface area (Å²) in [4.78, 5) is 17.2. The highest BCUT2D eigenvalue weighted by atomic mass is 16.5. The van der Waals surface area contributed by atoms with Crippen LogP contribution in [0.3, 0.4) is 0 Å². The molecule has 0 spiro atoms. The van der Waals surface area contributed by atoms with Crippen LogP contribution in [0.15, 0.2) is 59.6 Å². The maximum absolute atomic E-state index is 12.6. The van der Waals surface area contributed by atoms with E-state index in [0.29, 0.717) is 18.1 Å². The summed E-state index contributed by atoms with van der Waals surface area (Å²) in [5.41, 5.74) is 4.68. The van der Waals surface area contributed by atoms with Crippen LogP contribution in [-0.4, -0.2) is 35.3 Å². The van der Waals surface area contributed by atoms with E-state index in [4.69, 9.17) is 4.74 Å². The van der Waals surface area contributed by atoms with E-state index in [9.17, 15) is 4.79 Å². The molecule has 0 saturated heterocycles. The number of carbonyl (C=O) groups excluding carboxylic acids is 1. The predicted molar refractivity (Wildman–Crippen MR) is 119 cm³/mol. The molecule has 0 bridgehead atoms. The molecule has 1 aromatic heterocycles. The maximum atomic E-state index is 12.6. The number of hydrogen-bond donors (Lipinski definition) is 2. The summed E-state index contributed by atoms with van der Waals surface area (Å²) in [6, 6.07) is 16.5. The molecular formula is C23H27N5O2. The molecule has 0 unspecified atom stereocenters. The molecule has 0 saturated carbocycles. The van der Waals surface area contributed by atoms with Gasteiger partial charge in [-0.05, 0) is 62.2 Å². The number of anilines is 1. The molecule has 0 aliphatic carbocycles. The first-order chi connectivity index (χ1) is 14.5. The monoisotopic (exact) mass is 405 g/mol. The maximum Gasteiger partial charge on any atom is 0.257 e. The molecule has 0 aliphatic heterocycles. The lowest BCUT2D eigenvalue weighted by Crippen LogP contribution is -2.36. The molecule has 0 fully saturated rings. The number of hydrogen-bond acceptors (Lipinski definition) is 4. The molecule has 2 N–H and O–H groups in total. The Morgan fingerprint density at radius 3 is 2.40 bits per heavy atom. The molecule has 156 valence electrons. The summed E-state index contributed by atoms with van der Waals surface area (Å²) in [5, 5.41) is 10.5. The van der Waals surface area contributed by atoms with Crippen molar-refractivity contribution in [2.45, 2.75) is 20.3 Å². The SMILES string of the molecule is COc1ccc(NC(=NCCc2c(C)nn(C)c2C)NC(=O)c2ccccc2)cc1. The van der Waals surface area contributed by atoms with Gasteiger partial charge in [0.25, 0.3) is 5.91 Å². The van der Waals surface area contributed by atoms with E-state index >= 15 is 0 Å². The van der Waals surface area contributed by atoms with Gasteiger partial charge in [0.15, 0.2) is 0 Å². The number of aryl methyl sites for hydroxylation is 2. The first-order valence-electron chi connectivity index (χ1n) is 9.79. The summed E-state index contributed by atoms with van der Waals surface area (Å²) in [5.74, 6) is 0.937. The highest BCUT2D eigenvalue weighted by molar-refractivity contribution is 6.09. The number of carbonyl (C=O) groups is 1. The Kier molecular flexibility index (Phi) is 6.85. The largest absolute Gasteiger partial charge is 0.497 e. The van der Waals surface area contributed by atoms with Gasteiger partial charge in [-0.3, -0.25) is 19.8 Å². The first kappa shape index (κ1) is 21.1. The zero-order valence-corrected chi connectivity index (χ0v) is 17.8. The third kappa shape index (κ3) is 5.26. The smallest absolute Gasteiger partial charge is 0.257 e. The van der Waals surface area contributed by atoms with E-state index in [-0.39, 0.29) is 5.91 Å². The molecule has 1 heterocycles. The zero-order chi connectivity index (χ0) is 21.5. The third-order valence-corrected chi connectivity index (χ3v) is 4.91. The van der Waals surface area contributed by atoms with Crippen molar-refractivity contribution in [3.8, 4) is 5.75 Å². The van der Waals surface area contributed by atoms with Gasteiger partial charge in [0, 0.05) is 30.5 Å². The second-order valence-corrected chi connectivity index (χ2v) is 6.93. The number of methoxy groups -OCH3 is 1.